The van der Waals surface area contributed by atoms with Gasteiger partial charge in [-0.25, -0.2) is 0 Å². The molecule has 0 spiro atoms. The molecule has 6 nitrogen and oxygen atoms in total. The largest absolute Gasteiger partial charge is 0.496 e. The molecule has 0 heterocycles. The number of para-hydroxylation sites is 1. The van der Waals surface area contributed by atoms with Gasteiger partial charge in [0, 0.05) is 17.8 Å². The van der Waals surface area contributed by atoms with Gasteiger partial charge in [-0.15, -0.1) is 0 Å². The number of benzene rings is 2. The first kappa shape index (κ1) is 17.5. The van der Waals surface area contributed by atoms with Crippen molar-refractivity contribution < 1.29 is 14.3 Å². The van der Waals surface area contributed by atoms with Crippen LogP contribution in [0, 0.1) is 23.2 Å². The average molecular weight is 349 g/mol. The van der Waals surface area contributed by atoms with Crippen LogP contribution in [0.15, 0.2) is 48.5 Å². The molecule has 2 atom stereocenters. The van der Waals surface area contributed by atoms with Crippen molar-refractivity contribution in [2.45, 2.75) is 13.0 Å². The number of amides is 2. The molecule has 1 aliphatic carbocycles. The molecule has 2 N–H and O–H groups in total. The maximum atomic E-state index is 12.3. The van der Waals surface area contributed by atoms with Gasteiger partial charge in [0.1, 0.15) is 5.75 Å². The van der Waals surface area contributed by atoms with E-state index >= 15 is 0 Å². The number of methoxy groups -OCH3 is 1. The highest BCUT2D eigenvalue weighted by atomic mass is 16.5. The summed E-state index contributed by atoms with van der Waals surface area (Å²) in [7, 11) is 1.59. The normalized spacial score (nSPS) is 17.7. The second kappa shape index (κ2) is 7.70. The zero-order valence-corrected chi connectivity index (χ0v) is 14.4. The quantitative estimate of drug-likeness (QED) is 0.838. The molecule has 1 fully saturated rings. The minimum Gasteiger partial charge on any atom is -0.496 e. The number of hydrogen-bond acceptors (Lipinski definition) is 4. The van der Waals surface area contributed by atoms with Gasteiger partial charge in [0.15, 0.2) is 0 Å². The third kappa shape index (κ3) is 4.01. The summed E-state index contributed by atoms with van der Waals surface area (Å²) in [6.07, 6.45) is 0.542. The highest BCUT2D eigenvalue weighted by molar-refractivity contribution is 5.99. The van der Waals surface area contributed by atoms with E-state index in [4.69, 9.17) is 10.00 Å². The van der Waals surface area contributed by atoms with Crippen molar-refractivity contribution in [1.29, 1.82) is 5.26 Å². The summed E-state index contributed by atoms with van der Waals surface area (Å²) in [6.45, 7) is 0.364. The Kier molecular flexibility index (Phi) is 5.18. The summed E-state index contributed by atoms with van der Waals surface area (Å²) < 4.78 is 5.26. The maximum absolute atomic E-state index is 12.3. The second-order valence-corrected chi connectivity index (χ2v) is 6.16. The fourth-order valence-electron chi connectivity index (χ4n) is 2.80. The smallest absolute Gasteiger partial charge is 0.228 e. The molecule has 0 aromatic heterocycles. The Morgan fingerprint density at radius 1 is 1.12 bits per heavy atom. The number of rotatable bonds is 6. The fourth-order valence-corrected chi connectivity index (χ4v) is 2.80. The summed E-state index contributed by atoms with van der Waals surface area (Å²) in [5.74, 6) is -0.201. The van der Waals surface area contributed by atoms with Gasteiger partial charge in [0.2, 0.25) is 11.8 Å². The predicted molar refractivity (Wildman–Crippen MR) is 96.2 cm³/mol. The molecule has 1 aliphatic rings. The van der Waals surface area contributed by atoms with Crippen LogP contribution in [-0.2, 0) is 16.1 Å². The molecule has 26 heavy (non-hydrogen) atoms. The standard InChI is InChI=1S/C20H19N3O3/c1-26-18-5-3-2-4-14(18)12-22-19(24)16-10-17(16)20(25)23-15-8-6-13(11-21)7-9-15/h2-9,16-17H,10,12H2,1H3,(H,22,24)(H,23,25). The van der Waals surface area contributed by atoms with Crippen molar-refractivity contribution in [1.82, 2.24) is 5.32 Å². The highest BCUT2D eigenvalue weighted by Crippen LogP contribution is 2.39. The number of nitrogens with zero attached hydrogens (tertiary/aromatic N) is 1. The van der Waals surface area contributed by atoms with E-state index in [1.54, 1.807) is 31.4 Å². The molecule has 132 valence electrons. The summed E-state index contributed by atoms with van der Waals surface area (Å²) in [5, 5.41) is 14.4. The molecule has 0 aliphatic heterocycles. The van der Waals surface area contributed by atoms with Crippen LogP contribution in [0.1, 0.15) is 17.5 Å². The minimum absolute atomic E-state index is 0.129. The molecule has 0 bridgehead atoms. The lowest BCUT2D eigenvalue weighted by molar-refractivity contribution is -0.125. The molecular formula is C20H19N3O3. The summed E-state index contributed by atoms with van der Waals surface area (Å²) in [4.78, 5) is 24.5. The number of carbonyl (C=O) groups excluding carboxylic acids is 2. The Hall–Kier alpha value is -3.33. The third-order valence-corrected chi connectivity index (χ3v) is 4.39. The van der Waals surface area contributed by atoms with Crippen molar-refractivity contribution in [3.63, 3.8) is 0 Å². The number of carbonyl (C=O) groups is 2. The Balaban J connectivity index is 1.50. The lowest BCUT2D eigenvalue weighted by atomic mass is 10.2. The predicted octanol–water partition coefficient (Wildman–Crippen LogP) is 2.46. The minimum atomic E-state index is -0.316. The summed E-state index contributed by atoms with van der Waals surface area (Å²) in [5.41, 5.74) is 2.04. The van der Waals surface area contributed by atoms with Crippen LogP contribution >= 0.6 is 0 Å². The SMILES string of the molecule is COc1ccccc1CNC(=O)C1CC1C(=O)Nc1ccc(C#N)cc1. The molecule has 2 unspecified atom stereocenters. The van der Waals surface area contributed by atoms with Crippen LogP contribution < -0.4 is 15.4 Å². The van der Waals surface area contributed by atoms with Gasteiger partial charge in [-0.1, -0.05) is 18.2 Å². The molecule has 2 aromatic rings. The van der Waals surface area contributed by atoms with Crippen molar-refractivity contribution in [2.75, 3.05) is 12.4 Å². The molecule has 0 saturated heterocycles. The lowest BCUT2D eigenvalue weighted by Crippen LogP contribution is -2.27. The molecule has 2 aromatic carbocycles. The van der Waals surface area contributed by atoms with Crippen LogP contribution in [0.25, 0.3) is 0 Å². The number of anilines is 1. The Morgan fingerprint density at radius 3 is 2.50 bits per heavy atom. The van der Waals surface area contributed by atoms with Gasteiger partial charge < -0.3 is 15.4 Å². The third-order valence-electron chi connectivity index (χ3n) is 4.39. The summed E-state index contributed by atoms with van der Waals surface area (Å²) in [6, 6.07) is 16.1. The van der Waals surface area contributed by atoms with Crippen LogP contribution in [0.4, 0.5) is 5.69 Å². The van der Waals surface area contributed by atoms with Gasteiger partial charge in [0.05, 0.1) is 30.6 Å². The van der Waals surface area contributed by atoms with Gasteiger partial charge in [-0.2, -0.15) is 5.26 Å². The maximum Gasteiger partial charge on any atom is 0.228 e. The van der Waals surface area contributed by atoms with E-state index in [2.05, 4.69) is 10.6 Å². The van der Waals surface area contributed by atoms with E-state index in [-0.39, 0.29) is 23.7 Å². The first-order valence-electron chi connectivity index (χ1n) is 8.33. The van der Waals surface area contributed by atoms with Crippen LogP contribution in [-0.4, -0.2) is 18.9 Å². The number of nitriles is 1. The average Bonchev–Trinajstić information content (AvgIpc) is 3.48. The molecule has 0 radical (unpaired) electrons. The fraction of sp³-hybridized carbons (Fsp3) is 0.250. The first-order valence-corrected chi connectivity index (χ1v) is 8.33. The van der Waals surface area contributed by atoms with Crippen molar-refractivity contribution >= 4 is 17.5 Å². The zero-order valence-electron chi connectivity index (χ0n) is 14.4. The molecule has 2 amide bonds. The van der Waals surface area contributed by atoms with Crippen molar-refractivity contribution in [3.05, 3.63) is 59.7 Å². The van der Waals surface area contributed by atoms with Gasteiger partial charge in [-0.05, 0) is 36.8 Å². The second-order valence-electron chi connectivity index (χ2n) is 6.16. The molecule has 6 heteroatoms. The monoisotopic (exact) mass is 349 g/mol. The molecule has 1 saturated carbocycles. The number of nitrogens with one attached hydrogen (secondary N) is 2. The van der Waals surface area contributed by atoms with E-state index in [0.717, 1.165) is 11.3 Å². The van der Waals surface area contributed by atoms with E-state index in [1.807, 2.05) is 30.3 Å². The van der Waals surface area contributed by atoms with E-state index in [0.29, 0.717) is 24.2 Å². The summed E-state index contributed by atoms with van der Waals surface area (Å²) >= 11 is 0. The topological polar surface area (TPSA) is 91.2 Å². The van der Waals surface area contributed by atoms with Crippen LogP contribution in [0.5, 0.6) is 5.75 Å². The van der Waals surface area contributed by atoms with Gasteiger partial charge >= 0.3 is 0 Å². The van der Waals surface area contributed by atoms with Crippen LogP contribution in [0.2, 0.25) is 0 Å². The Bertz CT molecular complexity index is 855. The van der Waals surface area contributed by atoms with Crippen LogP contribution in [0.3, 0.4) is 0 Å². The van der Waals surface area contributed by atoms with E-state index in [9.17, 15) is 9.59 Å². The van der Waals surface area contributed by atoms with E-state index < -0.39 is 0 Å². The highest BCUT2D eigenvalue weighted by Gasteiger charge is 2.47. The lowest BCUT2D eigenvalue weighted by Gasteiger charge is -2.09. The van der Waals surface area contributed by atoms with E-state index in [1.165, 1.54) is 0 Å². The van der Waals surface area contributed by atoms with Crippen molar-refractivity contribution in [3.8, 4) is 11.8 Å². The van der Waals surface area contributed by atoms with Gasteiger partial charge in [-0.3, -0.25) is 9.59 Å². The van der Waals surface area contributed by atoms with Crippen molar-refractivity contribution in [2.24, 2.45) is 11.8 Å². The number of hydrogen-bond donors (Lipinski definition) is 2. The Labute approximate surface area is 151 Å². The molecular weight excluding hydrogens is 330 g/mol. The zero-order chi connectivity index (χ0) is 18.5. The first-order chi connectivity index (χ1) is 12.6. The molecule has 3 rings (SSSR count). The number of ether oxygens (including phenoxy) is 1. The Morgan fingerprint density at radius 2 is 1.81 bits per heavy atom. The van der Waals surface area contributed by atoms with Gasteiger partial charge in [0.25, 0.3) is 0 Å².